The van der Waals surface area contributed by atoms with Crippen LogP contribution in [0.4, 0.5) is 0 Å². The monoisotopic (exact) mass is 338 g/mol. The Kier molecular flexibility index (Phi) is 4.92. The van der Waals surface area contributed by atoms with Crippen molar-refractivity contribution in [3.63, 3.8) is 0 Å². The van der Waals surface area contributed by atoms with Gasteiger partial charge in [-0.05, 0) is 13.0 Å². The highest BCUT2D eigenvalue weighted by Gasteiger charge is 2.15. The third-order valence-electron chi connectivity index (χ3n) is 2.78. The molecule has 0 aliphatic carbocycles. The maximum Gasteiger partial charge on any atom is 0.262 e. The van der Waals surface area contributed by atoms with Gasteiger partial charge in [-0.25, -0.2) is 0 Å². The van der Waals surface area contributed by atoms with E-state index in [0.717, 1.165) is 4.47 Å². The standard InChI is InChI=1S/C14H15BrN2O3/c1-2-20-8-7-11-16-13(18)12(14(19)17-11)9-5-3-4-6-10(9)15/h3-6H,2,7-8H2,1H3,(H2,16,17,18,19). The molecule has 0 spiro atoms. The van der Waals surface area contributed by atoms with Crippen LogP contribution in [0.2, 0.25) is 0 Å². The lowest BCUT2D eigenvalue weighted by molar-refractivity contribution is 0.149. The Bertz CT molecular complexity index is 655. The third-order valence-corrected chi connectivity index (χ3v) is 3.47. The Morgan fingerprint density at radius 3 is 2.80 bits per heavy atom. The van der Waals surface area contributed by atoms with Crippen LogP contribution in [0.15, 0.2) is 33.5 Å². The molecule has 106 valence electrons. The van der Waals surface area contributed by atoms with Crippen LogP contribution < -0.4 is 5.56 Å². The average molecular weight is 339 g/mol. The largest absolute Gasteiger partial charge is 0.493 e. The van der Waals surface area contributed by atoms with Crippen molar-refractivity contribution < 1.29 is 9.84 Å². The molecule has 0 aliphatic heterocycles. The van der Waals surface area contributed by atoms with Crippen LogP contribution in [0, 0.1) is 0 Å². The quantitative estimate of drug-likeness (QED) is 0.821. The fourth-order valence-corrected chi connectivity index (χ4v) is 2.33. The molecule has 0 unspecified atom stereocenters. The van der Waals surface area contributed by atoms with E-state index in [1.807, 2.05) is 13.0 Å². The van der Waals surface area contributed by atoms with Gasteiger partial charge >= 0.3 is 0 Å². The van der Waals surface area contributed by atoms with Crippen LogP contribution in [-0.4, -0.2) is 28.3 Å². The number of benzene rings is 1. The molecule has 0 fully saturated rings. The van der Waals surface area contributed by atoms with Gasteiger partial charge in [-0.15, -0.1) is 0 Å². The Morgan fingerprint density at radius 2 is 2.15 bits per heavy atom. The summed E-state index contributed by atoms with van der Waals surface area (Å²) in [5, 5.41) is 10.0. The molecular formula is C14H15BrN2O3. The van der Waals surface area contributed by atoms with Gasteiger partial charge in [0, 0.05) is 23.1 Å². The van der Waals surface area contributed by atoms with Gasteiger partial charge in [0.2, 0.25) is 5.88 Å². The second kappa shape index (κ2) is 6.67. The number of ether oxygens (including phenoxy) is 1. The summed E-state index contributed by atoms with van der Waals surface area (Å²) in [5.74, 6) is 0.143. The zero-order valence-electron chi connectivity index (χ0n) is 11.0. The molecule has 0 aliphatic rings. The Hall–Kier alpha value is -1.66. The maximum absolute atomic E-state index is 12.1. The molecule has 6 heteroatoms. The first-order chi connectivity index (χ1) is 9.63. The summed E-state index contributed by atoms with van der Waals surface area (Å²) in [4.78, 5) is 18.8. The predicted molar refractivity (Wildman–Crippen MR) is 79.9 cm³/mol. The van der Waals surface area contributed by atoms with E-state index >= 15 is 0 Å². The smallest absolute Gasteiger partial charge is 0.262 e. The van der Waals surface area contributed by atoms with E-state index in [4.69, 9.17) is 4.74 Å². The molecule has 1 aromatic heterocycles. The van der Waals surface area contributed by atoms with Gasteiger partial charge in [0.05, 0.1) is 6.61 Å². The van der Waals surface area contributed by atoms with Crippen molar-refractivity contribution in [2.24, 2.45) is 0 Å². The summed E-state index contributed by atoms with van der Waals surface area (Å²) in [6.07, 6.45) is 0.451. The number of aromatic nitrogens is 2. The number of nitrogens with one attached hydrogen (secondary N) is 1. The normalized spacial score (nSPS) is 10.7. The van der Waals surface area contributed by atoms with Gasteiger partial charge < -0.3 is 14.8 Å². The summed E-state index contributed by atoms with van der Waals surface area (Å²) in [6, 6.07) is 7.18. The summed E-state index contributed by atoms with van der Waals surface area (Å²) in [5.41, 5.74) is 0.406. The predicted octanol–water partition coefficient (Wildman–Crippen LogP) is 2.48. The minimum absolute atomic E-state index is 0.164. The second-order valence-corrected chi connectivity index (χ2v) is 4.99. The number of hydrogen-bond donors (Lipinski definition) is 2. The number of H-pyrrole nitrogens is 1. The Balaban J connectivity index is 2.37. The Morgan fingerprint density at radius 1 is 1.40 bits per heavy atom. The van der Waals surface area contributed by atoms with Crippen molar-refractivity contribution >= 4 is 15.9 Å². The van der Waals surface area contributed by atoms with Crippen molar-refractivity contribution in [1.82, 2.24) is 9.97 Å². The van der Waals surface area contributed by atoms with Crippen molar-refractivity contribution in [3.8, 4) is 17.0 Å². The van der Waals surface area contributed by atoms with Gasteiger partial charge in [0.25, 0.3) is 5.56 Å². The number of aromatic amines is 1. The van der Waals surface area contributed by atoms with E-state index < -0.39 is 0 Å². The number of hydrogen-bond acceptors (Lipinski definition) is 4. The summed E-state index contributed by atoms with van der Waals surface area (Å²) >= 11 is 3.36. The molecule has 2 aromatic rings. The van der Waals surface area contributed by atoms with Crippen LogP contribution in [-0.2, 0) is 11.2 Å². The zero-order chi connectivity index (χ0) is 14.5. The maximum atomic E-state index is 12.1. The molecular weight excluding hydrogens is 324 g/mol. The van der Waals surface area contributed by atoms with E-state index in [-0.39, 0.29) is 17.0 Å². The molecule has 0 amide bonds. The van der Waals surface area contributed by atoms with Gasteiger partial charge in [-0.3, -0.25) is 4.79 Å². The number of rotatable bonds is 5. The molecule has 1 heterocycles. The molecule has 2 rings (SSSR count). The molecule has 1 aromatic carbocycles. The summed E-state index contributed by atoms with van der Waals surface area (Å²) < 4.78 is 5.93. The number of halogens is 1. The Labute approximate surface area is 124 Å². The molecule has 0 bridgehead atoms. The van der Waals surface area contributed by atoms with Crippen LogP contribution in [0.5, 0.6) is 5.88 Å². The van der Waals surface area contributed by atoms with Gasteiger partial charge in [0.1, 0.15) is 11.4 Å². The van der Waals surface area contributed by atoms with Gasteiger partial charge in [-0.2, -0.15) is 4.98 Å². The number of aromatic hydroxyl groups is 1. The zero-order valence-corrected chi connectivity index (χ0v) is 12.6. The van der Waals surface area contributed by atoms with E-state index in [1.165, 1.54) is 0 Å². The van der Waals surface area contributed by atoms with E-state index in [1.54, 1.807) is 18.2 Å². The fraction of sp³-hybridized carbons (Fsp3) is 0.286. The molecule has 0 saturated heterocycles. The topological polar surface area (TPSA) is 75.2 Å². The van der Waals surface area contributed by atoms with Gasteiger partial charge in [-0.1, -0.05) is 34.1 Å². The lowest BCUT2D eigenvalue weighted by atomic mass is 10.1. The van der Waals surface area contributed by atoms with E-state index in [9.17, 15) is 9.90 Å². The second-order valence-electron chi connectivity index (χ2n) is 4.14. The summed E-state index contributed by atoms with van der Waals surface area (Å²) in [7, 11) is 0. The van der Waals surface area contributed by atoms with Crippen molar-refractivity contribution in [2.75, 3.05) is 13.2 Å². The highest BCUT2D eigenvalue weighted by molar-refractivity contribution is 9.10. The van der Waals surface area contributed by atoms with Crippen LogP contribution in [0.1, 0.15) is 12.7 Å². The molecule has 5 nitrogen and oxygen atoms in total. The minimum Gasteiger partial charge on any atom is -0.493 e. The van der Waals surface area contributed by atoms with Crippen molar-refractivity contribution in [3.05, 3.63) is 44.9 Å². The minimum atomic E-state index is -0.365. The summed E-state index contributed by atoms with van der Waals surface area (Å²) in [6.45, 7) is 2.95. The van der Waals surface area contributed by atoms with E-state index in [0.29, 0.717) is 31.0 Å². The first kappa shape index (κ1) is 14.7. The number of nitrogens with zero attached hydrogens (tertiary/aromatic N) is 1. The fourth-order valence-electron chi connectivity index (χ4n) is 1.85. The van der Waals surface area contributed by atoms with Gasteiger partial charge in [0.15, 0.2) is 0 Å². The SMILES string of the molecule is CCOCCc1nc(O)c(-c2ccccc2Br)c(=O)[nH]1. The highest BCUT2D eigenvalue weighted by Crippen LogP contribution is 2.29. The highest BCUT2D eigenvalue weighted by atomic mass is 79.9. The lowest BCUT2D eigenvalue weighted by Gasteiger charge is -2.07. The van der Waals surface area contributed by atoms with Crippen LogP contribution >= 0.6 is 15.9 Å². The molecule has 0 atom stereocenters. The van der Waals surface area contributed by atoms with Crippen molar-refractivity contribution in [2.45, 2.75) is 13.3 Å². The molecule has 0 saturated carbocycles. The third kappa shape index (κ3) is 3.26. The lowest BCUT2D eigenvalue weighted by Crippen LogP contribution is -2.15. The molecule has 20 heavy (non-hydrogen) atoms. The molecule has 0 radical (unpaired) electrons. The van der Waals surface area contributed by atoms with Crippen LogP contribution in [0.25, 0.3) is 11.1 Å². The van der Waals surface area contributed by atoms with Crippen LogP contribution in [0.3, 0.4) is 0 Å². The van der Waals surface area contributed by atoms with E-state index in [2.05, 4.69) is 25.9 Å². The molecule has 2 N–H and O–H groups in total. The first-order valence-electron chi connectivity index (χ1n) is 6.28. The first-order valence-corrected chi connectivity index (χ1v) is 7.07. The van der Waals surface area contributed by atoms with Crippen molar-refractivity contribution in [1.29, 1.82) is 0 Å². The average Bonchev–Trinajstić information content (AvgIpc) is 2.40.